The van der Waals surface area contributed by atoms with E-state index in [1.165, 1.54) is 8.61 Å². The maximum Gasteiger partial charge on any atom is 0.281 e. The van der Waals surface area contributed by atoms with Gasteiger partial charge in [0.15, 0.2) is 0 Å². The Bertz CT molecular complexity index is 359. The smallest absolute Gasteiger partial charge is 0.281 e. The van der Waals surface area contributed by atoms with Crippen molar-refractivity contribution in [1.29, 1.82) is 0 Å². The summed E-state index contributed by atoms with van der Waals surface area (Å²) in [4.78, 5) is 0. The molecule has 7 heteroatoms. The van der Waals surface area contributed by atoms with Crippen LogP contribution in [0.5, 0.6) is 0 Å². The fourth-order valence-electron chi connectivity index (χ4n) is 2.48. The van der Waals surface area contributed by atoms with Crippen molar-refractivity contribution >= 4 is 10.2 Å². The molecular weight excluding hydrogens is 242 g/mol. The zero-order valence-electron chi connectivity index (χ0n) is 10.2. The summed E-state index contributed by atoms with van der Waals surface area (Å²) in [5.74, 6) is 0. The zero-order chi connectivity index (χ0) is 12.5. The molecule has 0 aliphatic carbocycles. The first-order chi connectivity index (χ1) is 7.94. The fraction of sp³-hybridized carbons (Fsp3) is 1.00. The van der Waals surface area contributed by atoms with Crippen LogP contribution in [0.2, 0.25) is 0 Å². The molecule has 1 unspecified atom stereocenters. The molecule has 6 nitrogen and oxygen atoms in total. The van der Waals surface area contributed by atoms with Gasteiger partial charge in [-0.15, -0.1) is 0 Å². The Hall–Kier alpha value is -0.210. The van der Waals surface area contributed by atoms with Crippen molar-refractivity contribution in [3.05, 3.63) is 0 Å². The number of rotatable bonds is 4. The van der Waals surface area contributed by atoms with Gasteiger partial charge in [0.05, 0.1) is 5.60 Å². The molecule has 2 aliphatic heterocycles. The molecule has 2 N–H and O–H groups in total. The van der Waals surface area contributed by atoms with Gasteiger partial charge in [0.2, 0.25) is 0 Å². The lowest BCUT2D eigenvalue weighted by Crippen LogP contribution is -2.49. The van der Waals surface area contributed by atoms with Crippen LogP contribution >= 0.6 is 0 Å². The van der Waals surface area contributed by atoms with Crippen molar-refractivity contribution in [2.45, 2.75) is 24.9 Å². The summed E-state index contributed by atoms with van der Waals surface area (Å²) in [5, 5.41) is 13.2. The average Bonchev–Trinajstić information content (AvgIpc) is 2.88. The van der Waals surface area contributed by atoms with Crippen LogP contribution in [0, 0.1) is 0 Å². The summed E-state index contributed by atoms with van der Waals surface area (Å²) >= 11 is 0. The highest BCUT2D eigenvalue weighted by Crippen LogP contribution is 2.20. The number of aliphatic hydroxyl groups is 1. The van der Waals surface area contributed by atoms with Gasteiger partial charge >= 0.3 is 0 Å². The van der Waals surface area contributed by atoms with Crippen LogP contribution in [0.15, 0.2) is 0 Å². The first-order valence-electron chi connectivity index (χ1n) is 6.09. The molecule has 100 valence electrons. The topological polar surface area (TPSA) is 72.9 Å². The number of nitrogens with one attached hydrogen (secondary N) is 1. The van der Waals surface area contributed by atoms with Crippen molar-refractivity contribution in [2.75, 3.05) is 39.8 Å². The minimum absolute atomic E-state index is 0.166. The Balaban J connectivity index is 2.01. The average molecular weight is 263 g/mol. The van der Waals surface area contributed by atoms with Crippen molar-refractivity contribution in [3.63, 3.8) is 0 Å². The lowest BCUT2D eigenvalue weighted by molar-refractivity contribution is 0.0451. The number of hydrogen-bond acceptors (Lipinski definition) is 4. The predicted octanol–water partition coefficient (Wildman–Crippen LogP) is -1.02. The van der Waals surface area contributed by atoms with Gasteiger partial charge in [0.25, 0.3) is 10.2 Å². The van der Waals surface area contributed by atoms with Crippen LogP contribution in [-0.4, -0.2) is 67.5 Å². The Morgan fingerprint density at radius 3 is 2.59 bits per heavy atom. The van der Waals surface area contributed by atoms with E-state index in [1.807, 2.05) is 0 Å². The van der Waals surface area contributed by atoms with Gasteiger partial charge in [-0.3, -0.25) is 0 Å². The lowest BCUT2D eigenvalue weighted by atomic mass is 10.0. The van der Waals surface area contributed by atoms with Gasteiger partial charge in [0.1, 0.15) is 0 Å². The van der Waals surface area contributed by atoms with Gasteiger partial charge in [-0.2, -0.15) is 17.0 Å². The molecule has 0 spiro atoms. The Morgan fingerprint density at radius 2 is 2.06 bits per heavy atom. The molecule has 0 amide bonds. The van der Waals surface area contributed by atoms with Crippen molar-refractivity contribution in [2.24, 2.45) is 0 Å². The number of likely N-dealkylation sites (N-methyl/N-ethyl adjacent to an activating group) is 1. The summed E-state index contributed by atoms with van der Waals surface area (Å²) in [7, 11) is -1.84. The second-order valence-corrected chi connectivity index (χ2v) is 7.06. The molecule has 0 radical (unpaired) electrons. The molecule has 2 fully saturated rings. The van der Waals surface area contributed by atoms with E-state index in [2.05, 4.69) is 5.32 Å². The minimum atomic E-state index is -3.39. The highest BCUT2D eigenvalue weighted by Gasteiger charge is 2.37. The van der Waals surface area contributed by atoms with Gasteiger partial charge in [0, 0.05) is 33.2 Å². The van der Waals surface area contributed by atoms with E-state index in [0.717, 1.165) is 19.4 Å². The summed E-state index contributed by atoms with van der Waals surface area (Å²) in [6, 6.07) is 0. The van der Waals surface area contributed by atoms with E-state index in [9.17, 15) is 13.5 Å². The zero-order valence-corrected chi connectivity index (χ0v) is 11.0. The third-order valence-corrected chi connectivity index (χ3v) is 5.46. The van der Waals surface area contributed by atoms with Gasteiger partial charge in [-0.25, -0.2) is 0 Å². The SMILES string of the molecule is CN(CC1(O)CCNC1)S(=O)(=O)N1CCCC1. The minimum Gasteiger partial charge on any atom is -0.387 e. The van der Waals surface area contributed by atoms with Crippen molar-refractivity contribution in [1.82, 2.24) is 13.9 Å². The van der Waals surface area contributed by atoms with Crippen LogP contribution in [0.3, 0.4) is 0 Å². The van der Waals surface area contributed by atoms with Crippen molar-refractivity contribution < 1.29 is 13.5 Å². The Labute approximate surface area is 103 Å². The highest BCUT2D eigenvalue weighted by molar-refractivity contribution is 7.86. The van der Waals surface area contributed by atoms with Crippen LogP contribution in [0.25, 0.3) is 0 Å². The monoisotopic (exact) mass is 263 g/mol. The van der Waals surface area contributed by atoms with Crippen LogP contribution in [0.1, 0.15) is 19.3 Å². The molecule has 17 heavy (non-hydrogen) atoms. The molecule has 2 saturated heterocycles. The third-order valence-electron chi connectivity index (χ3n) is 3.52. The summed E-state index contributed by atoms with van der Waals surface area (Å²) in [6.07, 6.45) is 2.46. The van der Waals surface area contributed by atoms with E-state index in [0.29, 0.717) is 26.1 Å². The third kappa shape index (κ3) is 2.79. The number of hydrogen-bond donors (Lipinski definition) is 2. The van der Waals surface area contributed by atoms with E-state index in [1.54, 1.807) is 7.05 Å². The fourth-order valence-corrected chi connectivity index (χ4v) is 3.99. The molecule has 2 rings (SSSR count). The van der Waals surface area contributed by atoms with Crippen LogP contribution in [-0.2, 0) is 10.2 Å². The molecular formula is C10H21N3O3S. The molecule has 1 atom stereocenters. The molecule has 0 aromatic carbocycles. The molecule has 2 heterocycles. The van der Waals surface area contributed by atoms with Crippen LogP contribution < -0.4 is 5.32 Å². The predicted molar refractivity (Wildman–Crippen MR) is 64.8 cm³/mol. The first-order valence-corrected chi connectivity index (χ1v) is 7.48. The number of β-amino-alcohol motifs (C(OH)–C–C–N with tert-alkyl or cyclic N) is 1. The van der Waals surface area contributed by atoms with Gasteiger partial charge < -0.3 is 10.4 Å². The normalized spacial score (nSPS) is 31.5. The molecule has 0 aromatic heterocycles. The molecule has 0 aromatic rings. The largest absolute Gasteiger partial charge is 0.387 e. The lowest BCUT2D eigenvalue weighted by Gasteiger charge is -2.30. The van der Waals surface area contributed by atoms with E-state index < -0.39 is 15.8 Å². The molecule has 2 aliphatic rings. The summed E-state index contributed by atoms with van der Waals surface area (Å²) in [5.41, 5.74) is -0.915. The summed E-state index contributed by atoms with van der Waals surface area (Å²) < 4.78 is 27.1. The first kappa shape index (κ1) is 13.2. The molecule has 0 bridgehead atoms. The summed E-state index contributed by atoms with van der Waals surface area (Å²) in [6.45, 7) is 2.58. The van der Waals surface area contributed by atoms with Crippen molar-refractivity contribution in [3.8, 4) is 0 Å². The quantitative estimate of drug-likeness (QED) is 0.681. The van der Waals surface area contributed by atoms with E-state index >= 15 is 0 Å². The molecule has 0 saturated carbocycles. The Kier molecular flexibility index (Phi) is 3.74. The second-order valence-electron chi connectivity index (χ2n) is 5.02. The highest BCUT2D eigenvalue weighted by atomic mass is 32.2. The van der Waals surface area contributed by atoms with Gasteiger partial charge in [-0.05, 0) is 25.8 Å². The maximum absolute atomic E-state index is 12.2. The Morgan fingerprint density at radius 1 is 1.41 bits per heavy atom. The van der Waals surface area contributed by atoms with E-state index in [-0.39, 0.29) is 6.54 Å². The maximum atomic E-state index is 12.2. The van der Waals surface area contributed by atoms with Crippen LogP contribution in [0.4, 0.5) is 0 Å². The standard InChI is InChI=1S/C10H21N3O3S/c1-12(9-10(14)4-5-11-8-10)17(15,16)13-6-2-3-7-13/h11,14H,2-9H2,1H3. The second kappa shape index (κ2) is 4.81. The van der Waals surface area contributed by atoms with Gasteiger partial charge in [-0.1, -0.05) is 0 Å². The number of nitrogens with zero attached hydrogens (tertiary/aromatic N) is 2. The van der Waals surface area contributed by atoms with E-state index in [4.69, 9.17) is 0 Å².